The first kappa shape index (κ1) is 8.24. The van der Waals surface area contributed by atoms with Gasteiger partial charge >= 0.3 is 0 Å². The minimum absolute atomic E-state index is 0.275. The number of hydrogen-bond donors (Lipinski definition) is 1. The third kappa shape index (κ3) is 3.16. The normalized spacial score (nSPS) is 20.8. The second-order valence-corrected chi connectivity index (χ2v) is 3.94. The molecule has 0 bridgehead atoms. The second kappa shape index (κ2) is 3.03. The van der Waals surface area contributed by atoms with Crippen LogP contribution in [-0.4, -0.2) is 25.3 Å². The fourth-order valence-corrected chi connectivity index (χ4v) is 0.726. The van der Waals surface area contributed by atoms with E-state index in [0.717, 1.165) is 18.9 Å². The van der Waals surface area contributed by atoms with Crippen LogP contribution in [0.25, 0.3) is 0 Å². The molecule has 0 aliphatic carbocycles. The highest BCUT2D eigenvalue weighted by atomic mass is 15.1. The van der Waals surface area contributed by atoms with Gasteiger partial charge < -0.3 is 5.32 Å². The van der Waals surface area contributed by atoms with Crippen molar-refractivity contribution in [2.45, 2.75) is 20.8 Å². The third-order valence-corrected chi connectivity index (χ3v) is 1.31. The van der Waals surface area contributed by atoms with Crippen LogP contribution in [0.15, 0.2) is 9.98 Å². The third-order valence-electron chi connectivity index (χ3n) is 1.31. The first-order chi connectivity index (χ1) is 5.08. The van der Waals surface area contributed by atoms with Gasteiger partial charge in [-0.15, -0.1) is 0 Å². The minimum Gasteiger partial charge on any atom is -0.334 e. The lowest BCUT2D eigenvalue weighted by Gasteiger charge is -2.14. The summed E-state index contributed by atoms with van der Waals surface area (Å²) in [4.78, 5) is 8.37. The van der Waals surface area contributed by atoms with E-state index in [-0.39, 0.29) is 5.41 Å². The molecule has 1 aliphatic heterocycles. The highest BCUT2D eigenvalue weighted by molar-refractivity contribution is 5.97. The summed E-state index contributed by atoms with van der Waals surface area (Å²) in [6.45, 7) is 8.10. The molecule has 0 spiro atoms. The maximum absolute atomic E-state index is 4.38. The van der Waals surface area contributed by atoms with E-state index in [0.29, 0.717) is 0 Å². The zero-order chi connectivity index (χ0) is 8.32. The van der Waals surface area contributed by atoms with Crippen LogP contribution < -0.4 is 5.32 Å². The molecule has 3 nitrogen and oxygen atoms in total. The Balaban J connectivity index is 2.36. The van der Waals surface area contributed by atoms with E-state index < -0.39 is 0 Å². The van der Waals surface area contributed by atoms with Crippen LogP contribution >= 0.6 is 0 Å². The summed E-state index contributed by atoms with van der Waals surface area (Å²) in [6.07, 6.45) is 1.70. The summed E-state index contributed by atoms with van der Waals surface area (Å²) >= 11 is 0. The smallest absolute Gasteiger partial charge is 0.123 e. The SMILES string of the molecule is CC(C)(C)CN=C1CN=CN1. The fourth-order valence-electron chi connectivity index (χ4n) is 0.726. The summed E-state index contributed by atoms with van der Waals surface area (Å²) in [5, 5.41) is 2.99. The van der Waals surface area contributed by atoms with Crippen molar-refractivity contribution in [2.75, 3.05) is 13.1 Å². The van der Waals surface area contributed by atoms with Crippen molar-refractivity contribution in [1.29, 1.82) is 0 Å². The van der Waals surface area contributed by atoms with Crippen LogP contribution in [0.3, 0.4) is 0 Å². The van der Waals surface area contributed by atoms with E-state index in [9.17, 15) is 0 Å². The molecule has 0 atom stereocenters. The average molecular weight is 153 g/mol. The van der Waals surface area contributed by atoms with Crippen LogP contribution in [0.2, 0.25) is 0 Å². The molecule has 11 heavy (non-hydrogen) atoms. The average Bonchev–Trinajstić information content (AvgIpc) is 2.32. The number of hydrogen-bond acceptors (Lipinski definition) is 2. The number of aliphatic imine (C=N–C) groups is 2. The van der Waals surface area contributed by atoms with Gasteiger partial charge in [-0.1, -0.05) is 20.8 Å². The molecule has 0 aromatic rings. The highest BCUT2D eigenvalue weighted by Gasteiger charge is 2.09. The maximum Gasteiger partial charge on any atom is 0.123 e. The summed E-state index contributed by atoms with van der Waals surface area (Å²) in [5.41, 5.74) is 0.275. The number of amidine groups is 1. The van der Waals surface area contributed by atoms with Crippen molar-refractivity contribution >= 4 is 12.2 Å². The zero-order valence-electron chi connectivity index (χ0n) is 7.39. The van der Waals surface area contributed by atoms with Gasteiger partial charge in [-0.05, 0) is 5.41 Å². The van der Waals surface area contributed by atoms with E-state index in [1.54, 1.807) is 6.34 Å². The molecule has 0 unspecified atom stereocenters. The Labute approximate surface area is 67.6 Å². The molecule has 0 saturated heterocycles. The summed E-state index contributed by atoms with van der Waals surface area (Å²) in [6, 6.07) is 0. The van der Waals surface area contributed by atoms with Gasteiger partial charge in [0.05, 0.1) is 12.9 Å². The molecule has 0 aromatic heterocycles. The number of nitrogens with zero attached hydrogens (tertiary/aromatic N) is 2. The Hall–Kier alpha value is -0.860. The minimum atomic E-state index is 0.275. The topological polar surface area (TPSA) is 36.8 Å². The Bertz CT molecular complexity index is 176. The van der Waals surface area contributed by atoms with Gasteiger partial charge in [0.2, 0.25) is 0 Å². The van der Waals surface area contributed by atoms with E-state index in [1.807, 2.05) is 0 Å². The van der Waals surface area contributed by atoms with Crippen LogP contribution in [0.1, 0.15) is 20.8 Å². The quantitative estimate of drug-likeness (QED) is 0.601. The van der Waals surface area contributed by atoms with Gasteiger partial charge in [-0.2, -0.15) is 0 Å². The van der Waals surface area contributed by atoms with Gasteiger partial charge in [0.25, 0.3) is 0 Å². The van der Waals surface area contributed by atoms with E-state index in [1.165, 1.54) is 0 Å². The molecule has 0 aromatic carbocycles. The van der Waals surface area contributed by atoms with Gasteiger partial charge in [0, 0.05) is 6.54 Å². The van der Waals surface area contributed by atoms with Crippen LogP contribution in [0, 0.1) is 5.41 Å². The van der Waals surface area contributed by atoms with Crippen molar-refractivity contribution in [1.82, 2.24) is 5.32 Å². The summed E-state index contributed by atoms with van der Waals surface area (Å²) in [7, 11) is 0. The number of rotatable bonds is 1. The molecule has 1 aliphatic rings. The van der Waals surface area contributed by atoms with Crippen molar-refractivity contribution in [3.8, 4) is 0 Å². The first-order valence-electron chi connectivity index (χ1n) is 3.86. The zero-order valence-corrected chi connectivity index (χ0v) is 7.39. The molecule has 0 fully saturated rings. The molecular weight excluding hydrogens is 138 g/mol. The van der Waals surface area contributed by atoms with E-state index in [4.69, 9.17) is 0 Å². The van der Waals surface area contributed by atoms with Crippen molar-refractivity contribution in [3.63, 3.8) is 0 Å². The fraction of sp³-hybridized carbons (Fsp3) is 0.750. The maximum atomic E-state index is 4.38. The highest BCUT2D eigenvalue weighted by Crippen LogP contribution is 2.12. The Kier molecular flexibility index (Phi) is 2.27. The van der Waals surface area contributed by atoms with Crippen LogP contribution in [0.5, 0.6) is 0 Å². The van der Waals surface area contributed by atoms with Crippen molar-refractivity contribution in [2.24, 2.45) is 15.4 Å². The standard InChI is InChI=1S/C8H15N3/c1-8(2,3)5-10-7-4-9-6-11-7/h6H,4-5H2,1-3H3,(H,9,10,11). The lowest BCUT2D eigenvalue weighted by atomic mass is 9.97. The second-order valence-electron chi connectivity index (χ2n) is 3.94. The largest absolute Gasteiger partial charge is 0.334 e. The Morgan fingerprint density at radius 3 is 2.82 bits per heavy atom. The molecule has 0 radical (unpaired) electrons. The molecule has 1 N–H and O–H groups in total. The van der Waals surface area contributed by atoms with Gasteiger partial charge in [-0.3, -0.25) is 9.98 Å². The number of nitrogens with one attached hydrogen (secondary N) is 1. The molecule has 0 amide bonds. The molecule has 1 rings (SSSR count). The van der Waals surface area contributed by atoms with Gasteiger partial charge in [-0.25, -0.2) is 0 Å². The lowest BCUT2D eigenvalue weighted by molar-refractivity contribution is 0.429. The lowest BCUT2D eigenvalue weighted by Crippen LogP contribution is -2.20. The molecule has 0 saturated carbocycles. The molecule has 62 valence electrons. The van der Waals surface area contributed by atoms with Crippen molar-refractivity contribution < 1.29 is 0 Å². The summed E-state index contributed by atoms with van der Waals surface area (Å²) < 4.78 is 0. The molecule has 1 heterocycles. The monoisotopic (exact) mass is 153 g/mol. The Morgan fingerprint density at radius 2 is 2.36 bits per heavy atom. The van der Waals surface area contributed by atoms with E-state index in [2.05, 4.69) is 36.1 Å². The van der Waals surface area contributed by atoms with E-state index >= 15 is 0 Å². The predicted octanol–water partition coefficient (Wildman–Crippen LogP) is 1.06. The predicted molar refractivity (Wildman–Crippen MR) is 48.3 cm³/mol. The van der Waals surface area contributed by atoms with Crippen LogP contribution in [0.4, 0.5) is 0 Å². The van der Waals surface area contributed by atoms with Gasteiger partial charge in [0.15, 0.2) is 0 Å². The van der Waals surface area contributed by atoms with Crippen LogP contribution in [-0.2, 0) is 0 Å². The van der Waals surface area contributed by atoms with Crippen molar-refractivity contribution in [3.05, 3.63) is 0 Å². The summed E-state index contributed by atoms with van der Waals surface area (Å²) in [5.74, 6) is 0.986. The first-order valence-corrected chi connectivity index (χ1v) is 3.86. The van der Waals surface area contributed by atoms with Gasteiger partial charge in [0.1, 0.15) is 5.84 Å². The molecular formula is C8H15N3. The Morgan fingerprint density at radius 1 is 1.64 bits per heavy atom. The molecule has 3 heteroatoms.